The van der Waals surface area contributed by atoms with E-state index in [0.29, 0.717) is 85.5 Å². The van der Waals surface area contributed by atoms with Gasteiger partial charge in [0.15, 0.2) is 5.78 Å². The Labute approximate surface area is 252 Å². The number of aryl methyl sites for hydroxylation is 1. The lowest BCUT2D eigenvalue weighted by molar-refractivity contribution is -0.133. The molecule has 0 heterocycles. The molecule has 0 saturated heterocycles. The molecule has 0 saturated carbocycles. The van der Waals surface area contributed by atoms with Crippen LogP contribution in [0.1, 0.15) is 64.4 Å². The number of carbonyl (C=O) groups is 2. The number of ether oxygens (including phenoxy) is 5. The lowest BCUT2D eigenvalue weighted by Gasteiger charge is -2.20. The Hall–Kier alpha value is -1.95. The molecule has 1 amide bonds. The van der Waals surface area contributed by atoms with Gasteiger partial charge in [0, 0.05) is 52.0 Å². The van der Waals surface area contributed by atoms with E-state index in [-0.39, 0.29) is 18.2 Å². The number of hydrogen-bond acceptors (Lipinski definition) is 8. The minimum Gasteiger partial charge on any atom is -0.379 e. The topological polar surface area (TPSA) is 95.6 Å². The Bertz CT molecular complexity index is 823. The van der Waals surface area contributed by atoms with Crippen LogP contribution in [-0.4, -0.2) is 101 Å². The van der Waals surface area contributed by atoms with Crippen molar-refractivity contribution in [3.8, 4) is 0 Å². The van der Waals surface area contributed by atoms with Gasteiger partial charge in [-0.05, 0) is 64.5 Å². The second-order valence-corrected chi connectivity index (χ2v) is 10.3. The highest BCUT2D eigenvalue weighted by Crippen LogP contribution is 2.10. The molecule has 0 spiro atoms. The summed E-state index contributed by atoms with van der Waals surface area (Å²) in [5, 5.41) is 3.27. The summed E-state index contributed by atoms with van der Waals surface area (Å²) >= 11 is 5.41. The molecule has 234 valence electrons. The van der Waals surface area contributed by atoms with Crippen LogP contribution in [0.25, 0.3) is 0 Å². The fourth-order valence-electron chi connectivity index (χ4n) is 3.78. The Morgan fingerprint density at radius 2 is 1.24 bits per heavy atom. The molecule has 0 aliphatic rings. The number of rotatable bonds is 27. The zero-order valence-corrected chi connectivity index (χ0v) is 26.3. The molecular formula is C31H52N2O7S. The van der Waals surface area contributed by atoms with E-state index < -0.39 is 0 Å². The van der Waals surface area contributed by atoms with E-state index in [1.807, 2.05) is 19.1 Å². The van der Waals surface area contributed by atoms with E-state index in [2.05, 4.69) is 24.4 Å². The van der Waals surface area contributed by atoms with Crippen LogP contribution in [0.4, 0.5) is 5.69 Å². The van der Waals surface area contributed by atoms with Crippen molar-refractivity contribution < 1.29 is 33.3 Å². The standard InChI is InChI=1S/C31H52N2O7S/c1-4-36-20-21-39-19-9-16-33(28(3)34)26-30(35)10-5-7-17-37-22-24-40-25-23-38-18-8-6-11-31(41)32-29-14-12-27(2)13-15-29/h12-15H,4-11,16-26H2,1-3H3,(H,32,41). The number of nitrogens with one attached hydrogen (secondary N) is 1. The van der Waals surface area contributed by atoms with Crippen molar-refractivity contribution in [3.63, 3.8) is 0 Å². The van der Waals surface area contributed by atoms with Gasteiger partial charge in [0.05, 0.1) is 51.2 Å². The van der Waals surface area contributed by atoms with Gasteiger partial charge in [-0.25, -0.2) is 0 Å². The molecule has 0 aliphatic heterocycles. The van der Waals surface area contributed by atoms with E-state index in [4.69, 9.17) is 35.9 Å². The van der Waals surface area contributed by atoms with Crippen molar-refractivity contribution in [2.75, 3.05) is 84.5 Å². The molecule has 0 unspecified atom stereocenters. The van der Waals surface area contributed by atoms with Crippen LogP contribution in [-0.2, 0) is 33.3 Å². The Morgan fingerprint density at radius 3 is 1.80 bits per heavy atom. The van der Waals surface area contributed by atoms with Gasteiger partial charge >= 0.3 is 0 Å². The fourth-order valence-corrected chi connectivity index (χ4v) is 4.04. The number of Topliss-reactive ketones (excluding diaryl/α,β-unsaturated/α-hetero) is 1. The number of carbonyl (C=O) groups excluding carboxylic acids is 2. The molecule has 1 aromatic carbocycles. The molecule has 1 aromatic rings. The van der Waals surface area contributed by atoms with Crippen LogP contribution in [0.2, 0.25) is 0 Å². The molecule has 0 fully saturated rings. The van der Waals surface area contributed by atoms with Gasteiger partial charge in [-0.15, -0.1) is 0 Å². The predicted octanol–water partition coefficient (Wildman–Crippen LogP) is 4.99. The van der Waals surface area contributed by atoms with Gasteiger partial charge in [0.2, 0.25) is 5.91 Å². The zero-order valence-electron chi connectivity index (χ0n) is 25.5. The number of unbranched alkanes of at least 4 members (excludes halogenated alkanes) is 2. The van der Waals surface area contributed by atoms with Crippen LogP contribution in [0.15, 0.2) is 24.3 Å². The number of amides is 1. The Balaban J connectivity index is 1.88. The highest BCUT2D eigenvalue weighted by molar-refractivity contribution is 7.80. The molecule has 1 N–H and O–H groups in total. The van der Waals surface area contributed by atoms with Crippen molar-refractivity contribution in [2.45, 2.75) is 65.7 Å². The van der Waals surface area contributed by atoms with E-state index >= 15 is 0 Å². The van der Waals surface area contributed by atoms with Gasteiger partial charge in [-0.1, -0.05) is 29.9 Å². The fraction of sp³-hybridized carbons (Fsp3) is 0.710. The molecule has 9 nitrogen and oxygen atoms in total. The van der Waals surface area contributed by atoms with Crippen molar-refractivity contribution >= 4 is 34.6 Å². The number of hydrogen-bond donors (Lipinski definition) is 1. The first-order chi connectivity index (χ1) is 19.9. The largest absolute Gasteiger partial charge is 0.379 e. The Morgan fingerprint density at radius 1 is 0.732 bits per heavy atom. The maximum atomic E-state index is 12.3. The lowest BCUT2D eigenvalue weighted by atomic mass is 10.1. The smallest absolute Gasteiger partial charge is 0.219 e. The summed E-state index contributed by atoms with van der Waals surface area (Å²) in [6.07, 6.45) is 5.47. The molecule has 1 rings (SSSR count). The first-order valence-corrected chi connectivity index (χ1v) is 15.4. The summed E-state index contributed by atoms with van der Waals surface area (Å²) in [7, 11) is 0. The van der Waals surface area contributed by atoms with E-state index in [1.165, 1.54) is 12.5 Å². The summed E-state index contributed by atoms with van der Waals surface area (Å²) in [6.45, 7) is 11.9. The highest BCUT2D eigenvalue weighted by atomic mass is 32.1. The van der Waals surface area contributed by atoms with Crippen molar-refractivity contribution in [2.24, 2.45) is 0 Å². The SMILES string of the molecule is CCOCCOCCCN(CC(=O)CCCCOCCOCCOCCCCC(=S)Nc1ccc(C)cc1)C(C)=O. The van der Waals surface area contributed by atoms with Gasteiger partial charge in [-0.2, -0.15) is 0 Å². The normalized spacial score (nSPS) is 11.0. The third-order valence-corrected chi connectivity index (χ3v) is 6.43. The molecule has 41 heavy (non-hydrogen) atoms. The first-order valence-electron chi connectivity index (χ1n) is 14.9. The maximum Gasteiger partial charge on any atom is 0.219 e. The second kappa shape index (κ2) is 25.7. The highest BCUT2D eigenvalue weighted by Gasteiger charge is 2.13. The van der Waals surface area contributed by atoms with E-state index in [0.717, 1.165) is 42.8 Å². The maximum absolute atomic E-state index is 12.3. The first kappa shape index (κ1) is 37.1. The van der Waals surface area contributed by atoms with Crippen molar-refractivity contribution in [1.29, 1.82) is 0 Å². The molecule has 0 aliphatic carbocycles. The van der Waals surface area contributed by atoms with Gasteiger partial charge in [-0.3, -0.25) is 9.59 Å². The number of benzene rings is 1. The molecule has 10 heteroatoms. The molecule has 0 atom stereocenters. The number of nitrogens with zero attached hydrogens (tertiary/aromatic N) is 1. The third-order valence-electron chi connectivity index (χ3n) is 6.12. The van der Waals surface area contributed by atoms with Crippen LogP contribution >= 0.6 is 12.2 Å². The molecule has 0 aromatic heterocycles. The quantitative estimate of drug-likeness (QED) is 0.111. The predicted molar refractivity (Wildman–Crippen MR) is 167 cm³/mol. The molecule has 0 radical (unpaired) electrons. The van der Waals surface area contributed by atoms with Crippen LogP contribution in [0, 0.1) is 6.92 Å². The molecule has 0 bridgehead atoms. The average Bonchev–Trinajstić information content (AvgIpc) is 2.95. The van der Waals surface area contributed by atoms with Gasteiger partial charge in [0.1, 0.15) is 0 Å². The average molecular weight is 597 g/mol. The van der Waals surface area contributed by atoms with Crippen molar-refractivity contribution in [3.05, 3.63) is 29.8 Å². The summed E-state index contributed by atoms with van der Waals surface area (Å²) in [4.78, 5) is 26.5. The number of ketones is 1. The van der Waals surface area contributed by atoms with Crippen molar-refractivity contribution in [1.82, 2.24) is 4.90 Å². The third kappa shape index (κ3) is 22.3. The lowest BCUT2D eigenvalue weighted by Crippen LogP contribution is -2.35. The summed E-state index contributed by atoms with van der Waals surface area (Å²) in [6, 6.07) is 8.21. The summed E-state index contributed by atoms with van der Waals surface area (Å²) in [5.41, 5.74) is 2.26. The van der Waals surface area contributed by atoms with E-state index in [1.54, 1.807) is 4.90 Å². The number of thiocarbonyl (C=S) groups is 1. The zero-order chi connectivity index (χ0) is 30.0. The number of anilines is 1. The summed E-state index contributed by atoms with van der Waals surface area (Å²) in [5.74, 6) is -0.0180. The minimum atomic E-state index is -0.0897. The van der Waals surface area contributed by atoms with E-state index in [9.17, 15) is 9.59 Å². The minimum absolute atomic E-state index is 0.0717. The second-order valence-electron chi connectivity index (χ2n) is 9.81. The summed E-state index contributed by atoms with van der Waals surface area (Å²) < 4.78 is 27.4. The molecular weight excluding hydrogens is 544 g/mol. The van der Waals surface area contributed by atoms with Crippen LogP contribution in [0.3, 0.4) is 0 Å². The van der Waals surface area contributed by atoms with Crippen LogP contribution in [0.5, 0.6) is 0 Å². The Kier molecular flexibility index (Phi) is 23.3. The van der Waals surface area contributed by atoms with Crippen LogP contribution < -0.4 is 5.32 Å². The van der Waals surface area contributed by atoms with Gasteiger partial charge < -0.3 is 33.9 Å². The van der Waals surface area contributed by atoms with Gasteiger partial charge in [0.25, 0.3) is 0 Å². The monoisotopic (exact) mass is 596 g/mol.